The quantitative estimate of drug-likeness (QED) is 0.132. The van der Waals surface area contributed by atoms with Gasteiger partial charge in [-0.25, -0.2) is 0 Å². The number of rotatable bonds is 12. The van der Waals surface area contributed by atoms with Gasteiger partial charge in [0, 0.05) is 23.9 Å². The fourth-order valence-corrected chi connectivity index (χ4v) is 9.94. The Kier molecular flexibility index (Phi) is 17.7. The van der Waals surface area contributed by atoms with Gasteiger partial charge in [0.1, 0.15) is 0 Å². The van der Waals surface area contributed by atoms with Crippen LogP contribution >= 0.6 is 0 Å². The van der Waals surface area contributed by atoms with Crippen LogP contribution in [-0.4, -0.2) is 23.9 Å². The first-order chi connectivity index (χ1) is 31.5. The first-order valence-corrected chi connectivity index (χ1v) is 23.8. The average Bonchev–Trinajstić information content (AvgIpc) is 4.17. The molecule has 4 aliphatic rings. The van der Waals surface area contributed by atoms with E-state index in [1.54, 1.807) is 0 Å². The molecule has 68 heavy (non-hydrogen) atoms. The molecule has 8 heterocycles. The second kappa shape index (κ2) is 22.5. The molecule has 0 saturated carbocycles. The molecule has 8 rings (SSSR count). The first kappa shape index (κ1) is 53.7. The van der Waals surface area contributed by atoms with E-state index >= 15 is 0 Å². The van der Waals surface area contributed by atoms with Crippen molar-refractivity contribution in [1.82, 2.24) is 19.9 Å². The molecule has 0 aliphatic carbocycles. The molecule has 0 atom stereocenters. The SMILES string of the molecule is CCC1=C(C)C=N/C1=C/c1[n-]c(C)c(CC2=C(C)/C(=C/c3[n-]cc(C)c3CC)N=C2C)c1C.CCC1=C(C)C=N/C1=C/c1[n-]c(C)c(CC2=C(C)/C(=C/c3[n-]cc(C)c3CC)N=C2C)c1C.[Cu+2].[Cu+2]. The molecule has 0 amide bonds. The number of hydrogen-bond donors (Lipinski definition) is 0. The Labute approximate surface area is 427 Å². The van der Waals surface area contributed by atoms with Crippen molar-refractivity contribution >= 4 is 48.2 Å². The number of aryl methyl sites for hydroxylation is 4. The monoisotopic (exact) mass is 1000 g/mol. The predicted molar refractivity (Wildman–Crippen MR) is 280 cm³/mol. The third-order valence-corrected chi connectivity index (χ3v) is 14.2. The zero-order valence-corrected chi connectivity index (χ0v) is 44.9. The summed E-state index contributed by atoms with van der Waals surface area (Å²) in [5.74, 6) is 0. The molecule has 10 heteroatoms. The van der Waals surface area contributed by atoms with Crippen LogP contribution in [0, 0.1) is 41.5 Å². The fourth-order valence-electron chi connectivity index (χ4n) is 9.94. The third kappa shape index (κ3) is 10.6. The van der Waals surface area contributed by atoms with Crippen LogP contribution in [0.3, 0.4) is 0 Å². The van der Waals surface area contributed by atoms with Gasteiger partial charge in [0.25, 0.3) is 0 Å². The van der Waals surface area contributed by atoms with E-state index in [9.17, 15) is 0 Å². The Hall–Kier alpha value is -5.24. The maximum Gasteiger partial charge on any atom is 2.00 e. The second-order valence-electron chi connectivity index (χ2n) is 18.3. The van der Waals surface area contributed by atoms with E-state index in [2.05, 4.69) is 155 Å². The van der Waals surface area contributed by atoms with Crippen LogP contribution in [-0.2, 0) is 59.8 Å². The van der Waals surface area contributed by atoms with Crippen molar-refractivity contribution in [3.05, 3.63) is 158 Å². The van der Waals surface area contributed by atoms with Crippen molar-refractivity contribution in [2.75, 3.05) is 0 Å². The molecule has 0 saturated heterocycles. The Morgan fingerprint density at radius 3 is 1.12 bits per heavy atom. The molecule has 0 spiro atoms. The van der Waals surface area contributed by atoms with Gasteiger partial charge in [0.15, 0.2) is 0 Å². The van der Waals surface area contributed by atoms with Gasteiger partial charge in [0.2, 0.25) is 0 Å². The molecule has 0 bridgehead atoms. The van der Waals surface area contributed by atoms with E-state index in [-0.39, 0.29) is 34.1 Å². The summed E-state index contributed by atoms with van der Waals surface area (Å²) in [5, 5.41) is 0. The Bertz CT molecular complexity index is 2810. The normalized spacial score (nSPS) is 18.1. The fraction of sp³-hybridized carbons (Fsp3) is 0.379. The van der Waals surface area contributed by atoms with Crippen LogP contribution in [0.4, 0.5) is 0 Å². The van der Waals surface area contributed by atoms with Crippen LogP contribution in [0.5, 0.6) is 0 Å². The summed E-state index contributed by atoms with van der Waals surface area (Å²) in [5.41, 5.74) is 33.1. The molecular weight excluding hydrogens is 936 g/mol. The number of nitrogens with zero attached hydrogens (tertiary/aromatic N) is 8. The molecule has 0 fully saturated rings. The largest absolute Gasteiger partial charge is 2.00 e. The van der Waals surface area contributed by atoms with E-state index in [1.165, 1.54) is 89.1 Å². The minimum atomic E-state index is 0. The van der Waals surface area contributed by atoms with Crippen LogP contribution < -0.4 is 19.9 Å². The number of aromatic nitrogens is 4. The molecule has 4 aliphatic heterocycles. The standard InChI is InChI=1S/2C29H34N4.2Cu/c2*1-9-22-16(3)14-30-28(22)12-26-18(5)24(20(7)32-26)11-25-19(6)27(33-21(25)8)13-29-23(10-2)17(4)15-31-29;;/h2*12-15H,9-11H2,1-8H3;;/q2*-2;2*+2/b2*26-12-,29-13+;;. The zero-order chi connectivity index (χ0) is 47.7. The van der Waals surface area contributed by atoms with Gasteiger partial charge in [-0.1, -0.05) is 110 Å². The Morgan fingerprint density at radius 2 is 0.779 bits per heavy atom. The summed E-state index contributed by atoms with van der Waals surface area (Å²) in [4.78, 5) is 38.1. The summed E-state index contributed by atoms with van der Waals surface area (Å²) >= 11 is 0. The number of aliphatic imine (C=N–C) groups is 4. The van der Waals surface area contributed by atoms with Crippen LogP contribution in [0.15, 0.2) is 99.7 Å². The van der Waals surface area contributed by atoms with Gasteiger partial charge < -0.3 is 19.9 Å². The average molecular weight is 1000 g/mol. The van der Waals surface area contributed by atoms with Crippen LogP contribution in [0.2, 0.25) is 0 Å². The van der Waals surface area contributed by atoms with Crippen LogP contribution in [0.1, 0.15) is 161 Å². The van der Waals surface area contributed by atoms with Gasteiger partial charge in [-0.2, -0.15) is 23.8 Å². The number of allylic oxidation sites excluding steroid dienone is 8. The minimum Gasteiger partial charge on any atom is -0.664 e. The van der Waals surface area contributed by atoms with Gasteiger partial charge in [-0.3, -0.25) is 20.0 Å². The molecule has 2 radical (unpaired) electrons. The van der Waals surface area contributed by atoms with Crippen LogP contribution in [0.25, 0.3) is 24.3 Å². The van der Waals surface area contributed by atoms with Crippen molar-refractivity contribution in [2.45, 2.75) is 149 Å². The molecule has 362 valence electrons. The van der Waals surface area contributed by atoms with E-state index in [4.69, 9.17) is 20.0 Å². The molecule has 4 aromatic heterocycles. The third-order valence-electron chi connectivity index (χ3n) is 14.2. The summed E-state index contributed by atoms with van der Waals surface area (Å²) in [7, 11) is 0. The van der Waals surface area contributed by atoms with Gasteiger partial charge >= 0.3 is 34.1 Å². The van der Waals surface area contributed by atoms with Gasteiger partial charge in [0.05, 0.1) is 22.8 Å². The topological polar surface area (TPSA) is 106 Å². The van der Waals surface area contributed by atoms with Crippen molar-refractivity contribution in [2.24, 2.45) is 20.0 Å². The van der Waals surface area contributed by atoms with Gasteiger partial charge in [-0.15, -0.1) is 22.8 Å². The van der Waals surface area contributed by atoms with Crippen molar-refractivity contribution < 1.29 is 34.1 Å². The number of hydrogen-bond acceptors (Lipinski definition) is 4. The summed E-state index contributed by atoms with van der Waals surface area (Å²) in [6.45, 7) is 34.4. The molecule has 4 aromatic rings. The predicted octanol–water partition coefficient (Wildman–Crippen LogP) is 13.2. The van der Waals surface area contributed by atoms with E-state index in [0.717, 1.165) is 107 Å². The Balaban J connectivity index is 0.000000247. The summed E-state index contributed by atoms with van der Waals surface area (Å²) in [6, 6.07) is 0. The molecule has 0 unspecified atom stereocenters. The van der Waals surface area contributed by atoms with Gasteiger partial charge in [-0.05, 0) is 152 Å². The second-order valence-corrected chi connectivity index (χ2v) is 18.3. The summed E-state index contributed by atoms with van der Waals surface area (Å²) < 4.78 is 0. The molecular formula is C58H68Cu2N8. The molecule has 0 aromatic carbocycles. The smallest absolute Gasteiger partial charge is 0.664 e. The van der Waals surface area contributed by atoms with E-state index in [1.807, 2.05) is 24.8 Å². The first-order valence-electron chi connectivity index (χ1n) is 23.8. The van der Waals surface area contributed by atoms with Crippen molar-refractivity contribution in [1.29, 1.82) is 0 Å². The van der Waals surface area contributed by atoms with Crippen molar-refractivity contribution in [3.8, 4) is 0 Å². The van der Waals surface area contributed by atoms with Crippen molar-refractivity contribution in [3.63, 3.8) is 0 Å². The zero-order valence-electron chi connectivity index (χ0n) is 43.0. The maximum atomic E-state index is 4.91. The van der Waals surface area contributed by atoms with E-state index in [0.29, 0.717) is 0 Å². The maximum absolute atomic E-state index is 4.91. The summed E-state index contributed by atoms with van der Waals surface area (Å²) in [6.07, 6.45) is 22.1. The Morgan fingerprint density at radius 1 is 0.426 bits per heavy atom. The molecule has 0 N–H and O–H groups in total. The van der Waals surface area contributed by atoms with E-state index < -0.39 is 0 Å². The molecule has 8 nitrogen and oxygen atoms in total. The minimum absolute atomic E-state index is 0.